The van der Waals surface area contributed by atoms with Crippen LogP contribution >= 0.6 is 12.4 Å². The highest BCUT2D eigenvalue weighted by Gasteiger charge is 2.11. The third kappa shape index (κ3) is 7.72. The number of hydrogen-bond acceptors (Lipinski definition) is 4. The summed E-state index contributed by atoms with van der Waals surface area (Å²) in [5.74, 6) is 0.109. The maximum absolute atomic E-state index is 11.7. The zero-order chi connectivity index (χ0) is 15.0. The molecule has 1 rings (SSSR count). The Labute approximate surface area is 131 Å². The van der Waals surface area contributed by atoms with Crippen LogP contribution in [-0.4, -0.2) is 30.9 Å². The highest BCUT2D eigenvalue weighted by atomic mass is 35.5. The van der Waals surface area contributed by atoms with Crippen LogP contribution in [-0.2, 0) is 4.79 Å². The molecule has 1 heterocycles. The number of carbonyl (C=O) groups excluding carboxylic acids is 2. The average Bonchev–Trinajstić information content (AvgIpc) is 2.82. The van der Waals surface area contributed by atoms with Gasteiger partial charge in [0.05, 0.1) is 6.26 Å². The van der Waals surface area contributed by atoms with Crippen molar-refractivity contribution in [1.82, 2.24) is 10.6 Å². The number of aryl methyl sites for hydroxylation is 1. The molecule has 1 unspecified atom stereocenters. The fourth-order valence-corrected chi connectivity index (χ4v) is 1.65. The smallest absolute Gasteiger partial charge is 0.287 e. The van der Waals surface area contributed by atoms with E-state index in [1.54, 1.807) is 6.07 Å². The Hall–Kier alpha value is -1.53. The lowest BCUT2D eigenvalue weighted by molar-refractivity contribution is -0.121. The summed E-state index contributed by atoms with van der Waals surface area (Å²) in [5.41, 5.74) is 6.38. The standard InChI is InChI=1S/C14H23N3O3.ClH/c1-10-6-9-20-13(10)14(19)17-8-3-7-16-12(18)5-4-11(2)15;/h6,9,11H,3-5,7-8,15H2,1-2H3,(H,16,18)(H,17,19);1H. The molecule has 4 N–H and O–H groups in total. The van der Waals surface area contributed by atoms with Crippen molar-refractivity contribution in [2.24, 2.45) is 5.73 Å². The third-order valence-corrected chi connectivity index (χ3v) is 2.86. The van der Waals surface area contributed by atoms with E-state index in [2.05, 4.69) is 10.6 Å². The largest absolute Gasteiger partial charge is 0.459 e. The Kier molecular flexibility index (Phi) is 9.49. The first-order chi connectivity index (χ1) is 9.50. The summed E-state index contributed by atoms with van der Waals surface area (Å²) < 4.78 is 5.08. The number of carbonyl (C=O) groups is 2. The second-order valence-electron chi connectivity index (χ2n) is 4.91. The Morgan fingerprint density at radius 2 is 2.00 bits per heavy atom. The van der Waals surface area contributed by atoms with Gasteiger partial charge in [0.2, 0.25) is 5.91 Å². The summed E-state index contributed by atoms with van der Waals surface area (Å²) >= 11 is 0. The summed E-state index contributed by atoms with van der Waals surface area (Å²) in [5, 5.41) is 5.53. The number of amides is 2. The molecule has 2 amide bonds. The van der Waals surface area contributed by atoms with Gasteiger partial charge >= 0.3 is 0 Å². The minimum atomic E-state index is -0.226. The molecule has 1 atom stereocenters. The maximum Gasteiger partial charge on any atom is 0.287 e. The van der Waals surface area contributed by atoms with Gasteiger partial charge in [-0.05, 0) is 32.8 Å². The quantitative estimate of drug-likeness (QED) is 0.631. The van der Waals surface area contributed by atoms with Crippen LogP contribution in [0.15, 0.2) is 16.7 Å². The van der Waals surface area contributed by atoms with Crippen LogP contribution in [0.3, 0.4) is 0 Å². The summed E-state index contributed by atoms with van der Waals surface area (Å²) in [7, 11) is 0. The normalized spacial score (nSPS) is 11.4. The van der Waals surface area contributed by atoms with Gasteiger partial charge in [-0.3, -0.25) is 9.59 Å². The summed E-state index contributed by atoms with van der Waals surface area (Å²) in [6.45, 7) is 4.72. The number of halogens is 1. The van der Waals surface area contributed by atoms with Crippen LogP contribution in [0.5, 0.6) is 0 Å². The molecule has 0 aliphatic heterocycles. The van der Waals surface area contributed by atoms with Gasteiger partial charge < -0.3 is 20.8 Å². The molecular weight excluding hydrogens is 294 g/mol. The number of rotatable bonds is 8. The van der Waals surface area contributed by atoms with E-state index in [4.69, 9.17) is 10.2 Å². The molecule has 0 saturated carbocycles. The van der Waals surface area contributed by atoms with E-state index >= 15 is 0 Å². The van der Waals surface area contributed by atoms with E-state index in [-0.39, 0.29) is 30.3 Å². The minimum absolute atomic E-state index is 0. The van der Waals surface area contributed by atoms with Gasteiger partial charge in [0.25, 0.3) is 5.91 Å². The molecule has 21 heavy (non-hydrogen) atoms. The number of nitrogens with two attached hydrogens (primary N) is 1. The Morgan fingerprint density at radius 3 is 2.57 bits per heavy atom. The lowest BCUT2D eigenvalue weighted by Gasteiger charge is -2.07. The van der Waals surface area contributed by atoms with Crippen LogP contribution in [0.2, 0.25) is 0 Å². The molecule has 7 heteroatoms. The van der Waals surface area contributed by atoms with E-state index < -0.39 is 0 Å². The van der Waals surface area contributed by atoms with Crippen LogP contribution in [0.25, 0.3) is 0 Å². The Balaban J connectivity index is 0.00000400. The minimum Gasteiger partial charge on any atom is -0.459 e. The van der Waals surface area contributed by atoms with E-state index in [1.807, 2.05) is 13.8 Å². The molecule has 0 aliphatic rings. The van der Waals surface area contributed by atoms with Crippen molar-refractivity contribution >= 4 is 24.2 Å². The van der Waals surface area contributed by atoms with Crippen molar-refractivity contribution in [2.75, 3.05) is 13.1 Å². The Bertz CT molecular complexity index is 446. The summed E-state index contributed by atoms with van der Waals surface area (Å²) in [6, 6.07) is 1.78. The Morgan fingerprint density at radius 1 is 1.33 bits per heavy atom. The van der Waals surface area contributed by atoms with Gasteiger partial charge in [0.15, 0.2) is 5.76 Å². The molecule has 0 saturated heterocycles. The predicted octanol–water partition coefficient (Wildman–Crippen LogP) is 1.37. The first kappa shape index (κ1) is 19.5. The van der Waals surface area contributed by atoms with Crippen molar-refractivity contribution in [3.8, 4) is 0 Å². The third-order valence-electron chi connectivity index (χ3n) is 2.86. The lowest BCUT2D eigenvalue weighted by Crippen LogP contribution is -2.30. The number of hydrogen-bond donors (Lipinski definition) is 3. The van der Waals surface area contributed by atoms with Crippen molar-refractivity contribution < 1.29 is 14.0 Å². The molecule has 1 aromatic rings. The summed E-state index contributed by atoms with van der Waals surface area (Å²) in [4.78, 5) is 23.1. The molecule has 0 aliphatic carbocycles. The van der Waals surface area contributed by atoms with Crippen molar-refractivity contribution in [2.45, 2.75) is 39.2 Å². The predicted molar refractivity (Wildman–Crippen MR) is 83.5 cm³/mol. The lowest BCUT2D eigenvalue weighted by atomic mass is 10.2. The number of nitrogens with one attached hydrogen (secondary N) is 2. The van der Waals surface area contributed by atoms with E-state index in [0.717, 1.165) is 5.56 Å². The van der Waals surface area contributed by atoms with Crippen LogP contribution in [0.1, 0.15) is 42.3 Å². The molecule has 6 nitrogen and oxygen atoms in total. The molecule has 0 fully saturated rings. The van der Waals surface area contributed by atoms with Gasteiger partial charge in [-0.2, -0.15) is 0 Å². The first-order valence-electron chi connectivity index (χ1n) is 6.85. The fraction of sp³-hybridized carbons (Fsp3) is 0.571. The van der Waals surface area contributed by atoms with Gasteiger partial charge in [-0.15, -0.1) is 12.4 Å². The molecule has 0 bridgehead atoms. The van der Waals surface area contributed by atoms with Crippen LogP contribution in [0, 0.1) is 6.92 Å². The molecular formula is C14H24ClN3O3. The van der Waals surface area contributed by atoms with E-state index in [9.17, 15) is 9.59 Å². The van der Waals surface area contributed by atoms with E-state index in [1.165, 1.54) is 6.26 Å². The topological polar surface area (TPSA) is 97.4 Å². The first-order valence-corrected chi connectivity index (χ1v) is 6.85. The molecule has 0 aromatic carbocycles. The van der Waals surface area contributed by atoms with Crippen molar-refractivity contribution in [3.63, 3.8) is 0 Å². The average molecular weight is 318 g/mol. The van der Waals surface area contributed by atoms with Crippen LogP contribution in [0.4, 0.5) is 0 Å². The summed E-state index contributed by atoms with van der Waals surface area (Å²) in [6.07, 6.45) is 3.29. The monoisotopic (exact) mass is 317 g/mol. The highest BCUT2D eigenvalue weighted by Crippen LogP contribution is 2.07. The zero-order valence-corrected chi connectivity index (χ0v) is 13.3. The molecule has 1 aromatic heterocycles. The second-order valence-corrected chi connectivity index (χ2v) is 4.91. The fourth-order valence-electron chi connectivity index (χ4n) is 1.65. The molecule has 0 spiro atoms. The van der Waals surface area contributed by atoms with E-state index in [0.29, 0.717) is 38.1 Å². The zero-order valence-electron chi connectivity index (χ0n) is 12.5. The molecule has 0 radical (unpaired) electrons. The SMILES string of the molecule is Cc1ccoc1C(=O)NCCCNC(=O)CCC(C)N.Cl. The van der Waals surface area contributed by atoms with Gasteiger partial charge in [0.1, 0.15) is 0 Å². The maximum atomic E-state index is 11.7. The molecule has 120 valence electrons. The van der Waals surface area contributed by atoms with Crippen LogP contribution < -0.4 is 16.4 Å². The second kappa shape index (κ2) is 10.2. The van der Waals surface area contributed by atoms with Gasteiger partial charge in [-0.1, -0.05) is 0 Å². The van der Waals surface area contributed by atoms with Crippen molar-refractivity contribution in [1.29, 1.82) is 0 Å². The van der Waals surface area contributed by atoms with Gasteiger partial charge in [-0.25, -0.2) is 0 Å². The number of furan rings is 1. The highest BCUT2D eigenvalue weighted by molar-refractivity contribution is 5.92. The van der Waals surface area contributed by atoms with Gasteiger partial charge in [0, 0.05) is 31.1 Å². The van der Waals surface area contributed by atoms with Crippen molar-refractivity contribution in [3.05, 3.63) is 23.7 Å².